The van der Waals surface area contributed by atoms with E-state index in [1.165, 1.54) is 6.33 Å². The highest BCUT2D eigenvalue weighted by atomic mass is 32.2. The molecule has 1 amide bonds. The topological polar surface area (TPSA) is 117 Å². The van der Waals surface area contributed by atoms with Gasteiger partial charge in [-0.15, -0.1) is 0 Å². The summed E-state index contributed by atoms with van der Waals surface area (Å²) in [6.45, 7) is 2.18. The van der Waals surface area contributed by atoms with Crippen LogP contribution in [0.3, 0.4) is 0 Å². The average Bonchev–Trinajstić information content (AvgIpc) is 2.80. The summed E-state index contributed by atoms with van der Waals surface area (Å²) in [5, 5.41) is 12.2. The van der Waals surface area contributed by atoms with Gasteiger partial charge in [0, 0.05) is 19.0 Å². The summed E-state index contributed by atoms with van der Waals surface area (Å²) in [6, 6.07) is -0.601. The molecule has 19 heavy (non-hydrogen) atoms. The molecular weight excluding hydrogens is 270 g/mol. The third-order valence-corrected chi connectivity index (χ3v) is 4.69. The maximum atomic E-state index is 11.8. The van der Waals surface area contributed by atoms with Gasteiger partial charge in [-0.3, -0.25) is 9.89 Å². The Balaban J connectivity index is 1.84. The quantitative estimate of drug-likeness (QED) is 0.637. The van der Waals surface area contributed by atoms with Gasteiger partial charge < -0.3 is 10.6 Å². The Labute approximate surface area is 111 Å². The first-order valence-corrected chi connectivity index (χ1v) is 7.87. The van der Waals surface area contributed by atoms with Crippen molar-refractivity contribution in [2.75, 3.05) is 18.1 Å². The predicted octanol–water partition coefficient (Wildman–Crippen LogP) is -1.24. The second-order valence-electron chi connectivity index (χ2n) is 4.63. The van der Waals surface area contributed by atoms with E-state index >= 15 is 0 Å². The number of rotatable bonds is 4. The third kappa shape index (κ3) is 4.00. The van der Waals surface area contributed by atoms with E-state index in [2.05, 4.69) is 25.8 Å². The molecule has 106 valence electrons. The number of nitrogens with zero attached hydrogens (tertiary/aromatic N) is 2. The molecule has 2 unspecified atom stereocenters. The lowest BCUT2D eigenvalue weighted by molar-refractivity contribution is -0.122. The molecule has 0 bridgehead atoms. The van der Waals surface area contributed by atoms with E-state index in [1.54, 1.807) is 6.92 Å². The van der Waals surface area contributed by atoms with Crippen LogP contribution >= 0.6 is 0 Å². The highest BCUT2D eigenvalue weighted by Gasteiger charge is 2.26. The molecule has 8 nitrogen and oxygen atoms in total. The van der Waals surface area contributed by atoms with Crippen LogP contribution in [0.15, 0.2) is 6.33 Å². The number of hydrogen-bond acceptors (Lipinski definition) is 6. The normalized spacial score (nSPS) is 23.7. The summed E-state index contributed by atoms with van der Waals surface area (Å²) in [4.78, 5) is 15.8. The summed E-state index contributed by atoms with van der Waals surface area (Å²) in [5.41, 5.74) is 0. The Hall–Kier alpha value is -1.48. The van der Waals surface area contributed by atoms with Crippen LogP contribution in [0.4, 0.5) is 0 Å². The molecule has 1 aliphatic heterocycles. The van der Waals surface area contributed by atoms with Gasteiger partial charge in [0.15, 0.2) is 9.84 Å². The van der Waals surface area contributed by atoms with Crippen LogP contribution in [-0.2, 0) is 14.6 Å². The van der Waals surface area contributed by atoms with Crippen LogP contribution in [0, 0.1) is 0 Å². The smallest absolute Gasteiger partial charge is 0.222 e. The van der Waals surface area contributed by atoms with E-state index in [0.717, 1.165) is 0 Å². The fourth-order valence-electron chi connectivity index (χ4n) is 2.01. The van der Waals surface area contributed by atoms with Crippen molar-refractivity contribution >= 4 is 15.7 Å². The lowest BCUT2D eigenvalue weighted by Crippen LogP contribution is -2.47. The molecular formula is C10H17N5O3S. The Kier molecular flexibility index (Phi) is 4.15. The number of nitrogens with one attached hydrogen (secondary N) is 3. The minimum Gasteiger partial charge on any atom is -0.346 e. The molecule has 1 fully saturated rings. The maximum Gasteiger partial charge on any atom is 0.222 e. The Bertz CT molecular complexity index is 527. The van der Waals surface area contributed by atoms with Crippen LogP contribution in [0.5, 0.6) is 0 Å². The fourth-order valence-corrected chi connectivity index (χ4v) is 3.46. The molecule has 2 rings (SSSR count). The van der Waals surface area contributed by atoms with Gasteiger partial charge in [0.1, 0.15) is 12.2 Å². The summed E-state index contributed by atoms with van der Waals surface area (Å²) < 4.78 is 22.9. The van der Waals surface area contributed by atoms with Crippen molar-refractivity contribution in [3.05, 3.63) is 12.2 Å². The van der Waals surface area contributed by atoms with E-state index in [-0.39, 0.29) is 35.9 Å². The molecule has 1 aromatic rings. The molecule has 0 saturated carbocycles. The Morgan fingerprint density at radius 3 is 3.05 bits per heavy atom. The van der Waals surface area contributed by atoms with Crippen LogP contribution in [0.2, 0.25) is 0 Å². The van der Waals surface area contributed by atoms with Gasteiger partial charge >= 0.3 is 0 Å². The highest BCUT2D eigenvalue weighted by Crippen LogP contribution is 2.08. The lowest BCUT2D eigenvalue weighted by Gasteiger charge is -2.23. The van der Waals surface area contributed by atoms with Gasteiger partial charge in [0.05, 0.1) is 17.5 Å². The van der Waals surface area contributed by atoms with Crippen LogP contribution in [-0.4, -0.2) is 53.6 Å². The first-order chi connectivity index (χ1) is 8.96. The molecule has 1 aromatic heterocycles. The summed E-state index contributed by atoms with van der Waals surface area (Å²) in [7, 11) is -3.02. The molecule has 1 saturated heterocycles. The molecule has 3 N–H and O–H groups in total. The standard InChI is InChI=1S/C10H17N5O3S/c1-7(10-12-6-13-15-10)14-9(16)4-8-5-19(17,18)3-2-11-8/h6-8,11H,2-5H2,1H3,(H,14,16)(H,12,13,15). The molecule has 0 radical (unpaired) electrons. The van der Waals surface area contributed by atoms with Crippen molar-refractivity contribution < 1.29 is 13.2 Å². The second-order valence-corrected chi connectivity index (χ2v) is 6.86. The molecule has 0 aromatic carbocycles. The average molecular weight is 287 g/mol. The van der Waals surface area contributed by atoms with E-state index in [0.29, 0.717) is 12.4 Å². The Morgan fingerprint density at radius 1 is 1.63 bits per heavy atom. The maximum absolute atomic E-state index is 11.8. The van der Waals surface area contributed by atoms with Gasteiger partial charge in [0.2, 0.25) is 5.91 Å². The number of H-pyrrole nitrogens is 1. The second kappa shape index (κ2) is 5.66. The Morgan fingerprint density at radius 2 is 2.42 bits per heavy atom. The predicted molar refractivity (Wildman–Crippen MR) is 68.0 cm³/mol. The van der Waals surface area contributed by atoms with Crippen molar-refractivity contribution in [1.29, 1.82) is 0 Å². The van der Waals surface area contributed by atoms with Crippen LogP contribution < -0.4 is 10.6 Å². The van der Waals surface area contributed by atoms with Gasteiger partial charge in [-0.25, -0.2) is 13.4 Å². The zero-order valence-corrected chi connectivity index (χ0v) is 11.4. The van der Waals surface area contributed by atoms with Crippen LogP contribution in [0.1, 0.15) is 25.2 Å². The minimum absolute atomic E-state index is 0.0110. The molecule has 9 heteroatoms. The van der Waals surface area contributed by atoms with E-state index in [9.17, 15) is 13.2 Å². The zero-order valence-electron chi connectivity index (χ0n) is 10.6. The number of sulfone groups is 1. The number of amides is 1. The zero-order chi connectivity index (χ0) is 13.9. The summed E-state index contributed by atoms with van der Waals surface area (Å²) >= 11 is 0. The molecule has 0 spiro atoms. The van der Waals surface area contributed by atoms with Crippen molar-refractivity contribution in [2.24, 2.45) is 0 Å². The third-order valence-electron chi connectivity index (χ3n) is 2.95. The number of aromatic amines is 1. The van der Waals surface area contributed by atoms with E-state index in [1.807, 2.05) is 0 Å². The van der Waals surface area contributed by atoms with Gasteiger partial charge in [-0.1, -0.05) is 0 Å². The van der Waals surface area contributed by atoms with Gasteiger partial charge in [0.25, 0.3) is 0 Å². The van der Waals surface area contributed by atoms with E-state index in [4.69, 9.17) is 0 Å². The van der Waals surface area contributed by atoms with Crippen molar-refractivity contribution in [3.8, 4) is 0 Å². The lowest BCUT2D eigenvalue weighted by atomic mass is 10.2. The first-order valence-electron chi connectivity index (χ1n) is 6.05. The fraction of sp³-hybridized carbons (Fsp3) is 0.700. The van der Waals surface area contributed by atoms with Crippen molar-refractivity contribution in [1.82, 2.24) is 25.8 Å². The SMILES string of the molecule is CC(NC(=O)CC1CS(=O)(=O)CCN1)c1ncn[nH]1. The van der Waals surface area contributed by atoms with Crippen molar-refractivity contribution in [3.63, 3.8) is 0 Å². The first kappa shape index (κ1) is 13.9. The number of hydrogen-bond donors (Lipinski definition) is 3. The molecule has 0 aliphatic carbocycles. The van der Waals surface area contributed by atoms with E-state index < -0.39 is 9.84 Å². The van der Waals surface area contributed by atoms with Gasteiger partial charge in [-0.05, 0) is 6.92 Å². The number of aromatic nitrogens is 3. The molecule has 2 heterocycles. The largest absolute Gasteiger partial charge is 0.346 e. The highest BCUT2D eigenvalue weighted by molar-refractivity contribution is 7.91. The monoisotopic (exact) mass is 287 g/mol. The van der Waals surface area contributed by atoms with Crippen molar-refractivity contribution in [2.45, 2.75) is 25.4 Å². The number of carbonyl (C=O) groups is 1. The van der Waals surface area contributed by atoms with Gasteiger partial charge in [-0.2, -0.15) is 5.10 Å². The molecule has 1 aliphatic rings. The minimum atomic E-state index is -3.02. The number of carbonyl (C=O) groups excluding carboxylic acids is 1. The summed E-state index contributed by atoms with van der Waals surface area (Å²) in [6.07, 6.45) is 1.50. The molecule has 2 atom stereocenters. The van der Waals surface area contributed by atoms with Crippen LogP contribution in [0.25, 0.3) is 0 Å². The summed E-state index contributed by atoms with van der Waals surface area (Å²) in [5.74, 6) is 0.507.